The van der Waals surface area contributed by atoms with Crippen LogP contribution in [0.2, 0.25) is 0 Å². The van der Waals surface area contributed by atoms with Crippen LogP contribution < -0.4 is 14.2 Å². The lowest BCUT2D eigenvalue weighted by atomic mass is 10.1. The average molecular weight is 555 g/mol. The molecular weight excluding hydrogens is 524 g/mol. The van der Waals surface area contributed by atoms with Gasteiger partial charge < -0.3 is 23.3 Å². The first-order chi connectivity index (χ1) is 20.6. The summed E-state index contributed by atoms with van der Waals surface area (Å²) in [5.41, 5.74) is 8.74. The lowest BCUT2D eigenvalue weighted by Crippen LogP contribution is -2.04. The Bertz CT molecular complexity index is 1810. The van der Waals surface area contributed by atoms with Crippen molar-refractivity contribution in [1.82, 2.24) is 9.13 Å². The lowest BCUT2D eigenvalue weighted by molar-refractivity contribution is 0.112. The monoisotopic (exact) mass is 554 g/mol. The molecule has 0 aliphatic rings. The molecule has 2 aromatic heterocycles. The van der Waals surface area contributed by atoms with Crippen LogP contribution in [0.1, 0.15) is 10.4 Å². The van der Waals surface area contributed by atoms with Crippen molar-refractivity contribution in [2.75, 3.05) is 21.3 Å². The first-order valence-electron chi connectivity index (χ1n) is 13.6. The Labute approximate surface area is 245 Å². The van der Waals surface area contributed by atoms with Gasteiger partial charge in [0.15, 0.2) is 0 Å². The Kier molecular flexibility index (Phi) is 7.35. The minimum absolute atomic E-state index is 0.638. The fourth-order valence-electron chi connectivity index (χ4n) is 5.24. The van der Waals surface area contributed by atoms with Crippen molar-refractivity contribution in [3.05, 3.63) is 127 Å². The van der Waals surface area contributed by atoms with E-state index in [-0.39, 0.29) is 0 Å². The molecule has 0 unspecified atom stereocenters. The maximum absolute atomic E-state index is 11.3. The third kappa shape index (κ3) is 4.95. The molecule has 0 fully saturated rings. The molecule has 6 heteroatoms. The summed E-state index contributed by atoms with van der Waals surface area (Å²) in [4.78, 5) is 11.3. The number of nitrogens with zero attached hydrogens (tertiary/aromatic N) is 2. The number of aldehydes is 1. The second-order valence-electron chi connectivity index (χ2n) is 9.74. The second kappa shape index (κ2) is 11.6. The molecule has 0 atom stereocenters. The van der Waals surface area contributed by atoms with Gasteiger partial charge in [-0.25, -0.2) is 0 Å². The van der Waals surface area contributed by atoms with Gasteiger partial charge in [0.1, 0.15) is 23.5 Å². The van der Waals surface area contributed by atoms with E-state index in [4.69, 9.17) is 14.2 Å². The number of methoxy groups -OCH3 is 3. The van der Waals surface area contributed by atoms with E-state index in [0.717, 1.165) is 68.8 Å². The highest BCUT2D eigenvalue weighted by molar-refractivity contribution is 5.79. The number of hydrogen-bond donors (Lipinski definition) is 0. The fraction of sp³-hybridized carbons (Fsp3) is 0.0833. The zero-order chi connectivity index (χ0) is 29.1. The van der Waals surface area contributed by atoms with E-state index in [1.54, 1.807) is 21.3 Å². The predicted molar refractivity (Wildman–Crippen MR) is 166 cm³/mol. The Morgan fingerprint density at radius 3 is 1.12 bits per heavy atom. The van der Waals surface area contributed by atoms with Crippen LogP contribution in [0.25, 0.3) is 45.3 Å². The zero-order valence-electron chi connectivity index (χ0n) is 23.7. The number of carbonyl (C=O) groups excluding carboxylic acids is 1. The van der Waals surface area contributed by atoms with Crippen molar-refractivity contribution in [2.24, 2.45) is 0 Å². The molecule has 42 heavy (non-hydrogen) atoms. The SMILES string of the molecule is COc1ccc(-c2ccc(-c3ccc(-c4ccc(C=O)cc4)n3-c3ccc(OC)cc3)n2-c2ccc(OC)cc2)cc1. The Balaban J connectivity index is 1.59. The molecule has 0 saturated carbocycles. The van der Waals surface area contributed by atoms with Gasteiger partial charge in [0, 0.05) is 16.9 Å². The van der Waals surface area contributed by atoms with Gasteiger partial charge in [0.05, 0.1) is 44.1 Å². The van der Waals surface area contributed by atoms with E-state index < -0.39 is 0 Å². The molecule has 0 radical (unpaired) electrons. The predicted octanol–water partition coefficient (Wildman–Crippen LogP) is 8.11. The van der Waals surface area contributed by atoms with Gasteiger partial charge in [-0.2, -0.15) is 0 Å². The second-order valence-corrected chi connectivity index (χ2v) is 9.74. The minimum atomic E-state index is 0.638. The summed E-state index contributed by atoms with van der Waals surface area (Å²) in [6.07, 6.45) is 0.861. The molecule has 6 aromatic rings. The molecule has 0 aliphatic heterocycles. The van der Waals surface area contributed by atoms with Crippen molar-refractivity contribution < 1.29 is 19.0 Å². The Morgan fingerprint density at radius 2 is 0.762 bits per heavy atom. The molecule has 0 aliphatic carbocycles. The Morgan fingerprint density at radius 1 is 0.429 bits per heavy atom. The van der Waals surface area contributed by atoms with Gasteiger partial charge in [-0.05, 0) is 108 Å². The van der Waals surface area contributed by atoms with Gasteiger partial charge in [-0.15, -0.1) is 0 Å². The van der Waals surface area contributed by atoms with E-state index in [1.165, 1.54) is 0 Å². The fourth-order valence-corrected chi connectivity index (χ4v) is 5.24. The molecule has 6 rings (SSSR count). The maximum atomic E-state index is 11.3. The van der Waals surface area contributed by atoms with Crippen LogP contribution in [0.3, 0.4) is 0 Å². The largest absolute Gasteiger partial charge is 0.497 e. The van der Waals surface area contributed by atoms with Crippen LogP contribution in [0.4, 0.5) is 0 Å². The summed E-state index contributed by atoms with van der Waals surface area (Å²) >= 11 is 0. The topological polar surface area (TPSA) is 54.6 Å². The number of hydrogen-bond acceptors (Lipinski definition) is 4. The first kappa shape index (κ1) is 26.7. The van der Waals surface area contributed by atoms with E-state index in [9.17, 15) is 4.79 Å². The van der Waals surface area contributed by atoms with Crippen molar-refractivity contribution in [3.63, 3.8) is 0 Å². The average Bonchev–Trinajstić information content (AvgIpc) is 3.70. The normalized spacial score (nSPS) is 10.8. The zero-order valence-corrected chi connectivity index (χ0v) is 23.7. The highest BCUT2D eigenvalue weighted by Gasteiger charge is 2.20. The quantitative estimate of drug-likeness (QED) is 0.169. The number of ether oxygens (including phenoxy) is 3. The van der Waals surface area contributed by atoms with Crippen LogP contribution in [-0.2, 0) is 0 Å². The van der Waals surface area contributed by atoms with Crippen molar-refractivity contribution in [2.45, 2.75) is 0 Å². The van der Waals surface area contributed by atoms with Crippen LogP contribution in [0.15, 0.2) is 121 Å². The summed E-state index contributed by atoms with van der Waals surface area (Å²) in [5, 5.41) is 0. The van der Waals surface area contributed by atoms with Crippen molar-refractivity contribution >= 4 is 6.29 Å². The summed E-state index contributed by atoms with van der Waals surface area (Å²) in [6.45, 7) is 0. The third-order valence-electron chi connectivity index (χ3n) is 7.41. The van der Waals surface area contributed by atoms with Gasteiger partial charge in [-0.1, -0.05) is 24.3 Å². The number of carbonyl (C=O) groups is 1. The van der Waals surface area contributed by atoms with Crippen molar-refractivity contribution in [3.8, 4) is 62.5 Å². The van der Waals surface area contributed by atoms with Gasteiger partial charge in [0.25, 0.3) is 0 Å². The van der Waals surface area contributed by atoms with Gasteiger partial charge in [0.2, 0.25) is 0 Å². The number of aromatic nitrogens is 2. The minimum Gasteiger partial charge on any atom is -0.497 e. The molecule has 0 bridgehead atoms. The molecule has 6 nitrogen and oxygen atoms in total. The molecule has 208 valence electrons. The smallest absolute Gasteiger partial charge is 0.150 e. The molecule has 4 aromatic carbocycles. The summed E-state index contributed by atoms with van der Waals surface area (Å²) in [6, 6.07) is 40.4. The summed E-state index contributed by atoms with van der Waals surface area (Å²) in [7, 11) is 5.01. The van der Waals surface area contributed by atoms with E-state index in [0.29, 0.717) is 5.56 Å². The third-order valence-corrected chi connectivity index (χ3v) is 7.41. The van der Waals surface area contributed by atoms with Gasteiger partial charge >= 0.3 is 0 Å². The maximum Gasteiger partial charge on any atom is 0.150 e. The van der Waals surface area contributed by atoms with Crippen molar-refractivity contribution in [1.29, 1.82) is 0 Å². The lowest BCUT2D eigenvalue weighted by Gasteiger charge is -2.18. The van der Waals surface area contributed by atoms with E-state index in [1.807, 2.05) is 60.7 Å². The standard InChI is InChI=1S/C36H30N2O4/c1-40-30-14-8-27(9-15-30)34-21-23-36(38(34)29-12-18-32(42-3)19-13-29)35-22-20-33(26-6-4-25(24-39)5-7-26)37(35)28-10-16-31(41-2)17-11-28/h4-24H,1-3H3. The van der Waals surface area contributed by atoms with Crippen LogP contribution in [0.5, 0.6) is 17.2 Å². The summed E-state index contributed by atoms with van der Waals surface area (Å²) in [5.74, 6) is 2.38. The molecule has 2 heterocycles. The van der Waals surface area contributed by atoms with Crippen LogP contribution in [0, 0.1) is 0 Å². The molecule has 0 saturated heterocycles. The highest BCUT2D eigenvalue weighted by Crippen LogP contribution is 2.38. The van der Waals surface area contributed by atoms with E-state index >= 15 is 0 Å². The Hall–Kier alpha value is -5.49. The van der Waals surface area contributed by atoms with Crippen LogP contribution in [-0.4, -0.2) is 36.7 Å². The molecule has 0 spiro atoms. The van der Waals surface area contributed by atoms with Gasteiger partial charge in [-0.3, -0.25) is 4.79 Å². The summed E-state index contributed by atoms with van der Waals surface area (Å²) < 4.78 is 20.8. The van der Waals surface area contributed by atoms with E-state index in [2.05, 4.69) is 69.8 Å². The number of benzene rings is 4. The van der Waals surface area contributed by atoms with Crippen LogP contribution >= 0.6 is 0 Å². The highest BCUT2D eigenvalue weighted by atomic mass is 16.5. The molecular formula is C36H30N2O4. The molecule has 0 N–H and O–H groups in total. The number of rotatable bonds is 9. The molecule has 0 amide bonds. The first-order valence-corrected chi connectivity index (χ1v) is 13.6.